The van der Waals surface area contributed by atoms with Gasteiger partial charge in [-0.25, -0.2) is 14.0 Å². The minimum absolute atomic E-state index is 0.0106. The van der Waals surface area contributed by atoms with Crippen LogP contribution in [0.15, 0.2) is 54.7 Å². The first-order valence-electron chi connectivity index (χ1n) is 17.2. The summed E-state index contributed by atoms with van der Waals surface area (Å²) in [5.74, 6) is -1.19. The van der Waals surface area contributed by atoms with Crippen LogP contribution in [-0.4, -0.2) is 80.9 Å². The van der Waals surface area contributed by atoms with E-state index in [1.165, 1.54) is 17.0 Å². The van der Waals surface area contributed by atoms with Gasteiger partial charge in [-0.15, -0.1) is 0 Å². The Labute approximate surface area is 282 Å². The number of likely N-dealkylation sites (tertiary alicyclic amines) is 2. The number of hydrogen-bond acceptors (Lipinski definition) is 6. The predicted molar refractivity (Wildman–Crippen MR) is 181 cm³/mol. The summed E-state index contributed by atoms with van der Waals surface area (Å²) in [7, 11) is 0. The molecule has 0 spiro atoms. The maximum atomic E-state index is 14.6. The Morgan fingerprint density at radius 2 is 1.71 bits per heavy atom. The van der Waals surface area contributed by atoms with Gasteiger partial charge in [0.25, 0.3) is 0 Å². The zero-order valence-electron chi connectivity index (χ0n) is 28.6. The molecule has 3 fully saturated rings. The number of fused-ring (bicyclic) bond motifs is 2. The number of aromatic nitrogens is 1. The fourth-order valence-electron chi connectivity index (χ4n) is 7.54. The molecule has 3 N–H and O–H groups in total. The van der Waals surface area contributed by atoms with Gasteiger partial charge in [0, 0.05) is 36.1 Å². The molecular formula is C37H49FN4O6. The summed E-state index contributed by atoms with van der Waals surface area (Å²) in [5, 5.41) is 15.2. The van der Waals surface area contributed by atoms with Gasteiger partial charge in [0.2, 0.25) is 5.91 Å². The van der Waals surface area contributed by atoms with Crippen molar-refractivity contribution >= 4 is 29.0 Å². The average molecular weight is 665 g/mol. The second kappa shape index (κ2) is 15.0. The van der Waals surface area contributed by atoms with Gasteiger partial charge < -0.3 is 29.8 Å². The number of carbonyl (C=O) groups is 3. The Kier molecular flexibility index (Phi) is 11.0. The maximum absolute atomic E-state index is 14.6. The number of alkyl carbamates (subject to hydrolysis) is 1. The Bertz CT molecular complexity index is 1570. The molecule has 2 saturated heterocycles. The molecule has 1 aromatic heterocycles. The van der Waals surface area contributed by atoms with E-state index in [9.17, 15) is 23.9 Å². The quantitative estimate of drug-likeness (QED) is 0.277. The highest BCUT2D eigenvalue weighted by molar-refractivity contribution is 5.88. The predicted octanol–water partition coefficient (Wildman–Crippen LogP) is 6.48. The van der Waals surface area contributed by atoms with Crippen molar-refractivity contribution in [3.05, 3.63) is 71.7 Å². The number of nitrogens with zero attached hydrogens (tertiary/aromatic N) is 2. The number of aliphatic hydroxyl groups excluding tert-OH is 1. The lowest BCUT2D eigenvalue weighted by Crippen LogP contribution is -2.55. The second-order valence-electron chi connectivity index (χ2n) is 13.8. The van der Waals surface area contributed by atoms with Gasteiger partial charge in [-0.05, 0) is 68.9 Å². The summed E-state index contributed by atoms with van der Waals surface area (Å²) in [4.78, 5) is 47.5. The van der Waals surface area contributed by atoms with E-state index in [4.69, 9.17) is 9.47 Å². The van der Waals surface area contributed by atoms with Crippen LogP contribution in [0.1, 0.15) is 83.8 Å². The molecule has 6 rings (SSSR count). The lowest BCUT2D eigenvalue weighted by atomic mass is 9.83. The van der Waals surface area contributed by atoms with Gasteiger partial charge in [-0.1, -0.05) is 63.4 Å². The monoisotopic (exact) mass is 664 g/mol. The van der Waals surface area contributed by atoms with Gasteiger partial charge in [0.1, 0.15) is 24.1 Å². The van der Waals surface area contributed by atoms with Gasteiger partial charge in [-0.2, -0.15) is 0 Å². The Hall–Kier alpha value is -4.12. The number of aliphatic hydroxyl groups is 1. The molecule has 10 nitrogen and oxygen atoms in total. The molecule has 0 radical (unpaired) electrons. The van der Waals surface area contributed by atoms with Crippen molar-refractivity contribution in [1.82, 2.24) is 20.1 Å². The van der Waals surface area contributed by atoms with E-state index in [2.05, 4.69) is 10.3 Å². The molecule has 1 saturated carbocycles. The first-order valence-corrected chi connectivity index (χ1v) is 17.2. The van der Waals surface area contributed by atoms with Gasteiger partial charge in [-0.3, -0.25) is 9.69 Å². The van der Waals surface area contributed by atoms with E-state index >= 15 is 0 Å². The van der Waals surface area contributed by atoms with Crippen LogP contribution in [0.25, 0.3) is 10.9 Å². The van der Waals surface area contributed by atoms with Crippen molar-refractivity contribution in [2.24, 2.45) is 5.92 Å². The lowest BCUT2D eigenvalue weighted by molar-refractivity contribution is -0.136. The van der Waals surface area contributed by atoms with Gasteiger partial charge in [0.15, 0.2) is 0 Å². The zero-order chi connectivity index (χ0) is 34.6. The summed E-state index contributed by atoms with van der Waals surface area (Å²) < 4.78 is 25.4. The van der Waals surface area contributed by atoms with E-state index in [1.807, 2.05) is 44.2 Å². The Morgan fingerprint density at radius 3 is 2.40 bits per heavy atom. The minimum Gasteiger partial charge on any atom is -0.445 e. The molecule has 0 bridgehead atoms. The third-order valence-corrected chi connectivity index (χ3v) is 9.51. The number of ether oxygens (including phenoxy) is 2. The van der Waals surface area contributed by atoms with Crippen LogP contribution in [-0.2, 0) is 20.9 Å². The number of nitrogens with one attached hydrogen (secondary N) is 2. The highest BCUT2D eigenvalue weighted by atomic mass is 19.1. The van der Waals surface area contributed by atoms with Crippen LogP contribution < -0.4 is 5.32 Å². The SMILES string of the molecule is CC.CC(C)(C)OC(=O)NC(C(=O)N1CC(O)[C@@H]2[C@H]1[C@@H](c1c[nH]c3cc(F)ccc13)CN2C(=O)OCc1ccccc1)C1CCCCC1. The van der Waals surface area contributed by atoms with Crippen LogP contribution in [0.3, 0.4) is 0 Å². The summed E-state index contributed by atoms with van der Waals surface area (Å²) in [6.07, 6.45) is 4.04. The van der Waals surface area contributed by atoms with E-state index in [-0.39, 0.29) is 37.3 Å². The van der Waals surface area contributed by atoms with Crippen LogP contribution in [0.2, 0.25) is 0 Å². The molecule has 2 aliphatic heterocycles. The number of carbonyl (C=O) groups excluding carboxylic acids is 3. The normalized spacial score (nSPS) is 23.2. The fraction of sp³-hybridized carbons (Fsp3) is 0.541. The maximum Gasteiger partial charge on any atom is 0.410 e. The molecule has 3 aromatic rings. The van der Waals surface area contributed by atoms with Crippen molar-refractivity contribution in [3.8, 4) is 0 Å². The van der Waals surface area contributed by atoms with Gasteiger partial charge in [0.05, 0.1) is 18.2 Å². The van der Waals surface area contributed by atoms with Gasteiger partial charge >= 0.3 is 12.2 Å². The van der Waals surface area contributed by atoms with E-state index in [0.717, 1.165) is 48.6 Å². The topological polar surface area (TPSA) is 124 Å². The standard InChI is InChI=1S/C35H43FN4O6.C2H6/c1-35(2,3)46-33(43)38-29(22-12-8-5-9-13-22)32(42)39-19-28(41)31-30(39)26(25-17-37-27-16-23(36)14-15-24(25)27)18-40(31)34(44)45-20-21-10-6-4-7-11-21;1-2/h4,6-7,10-11,14-17,22,26,28-31,37,41H,5,8-9,12-13,18-20H2,1-3H3,(H,38,43);1-2H3/t26-,28?,29?,30-,31-;/m1./s1. The first kappa shape index (κ1) is 35.2. The minimum atomic E-state index is -1.04. The molecule has 3 amide bonds. The van der Waals surface area contributed by atoms with Crippen LogP contribution in [0, 0.1) is 11.7 Å². The van der Waals surface area contributed by atoms with Crippen molar-refractivity contribution in [2.45, 2.75) is 109 Å². The number of benzene rings is 2. The first-order chi connectivity index (χ1) is 23.0. The molecule has 2 unspecified atom stereocenters. The van der Waals surface area contributed by atoms with E-state index in [1.54, 1.807) is 37.9 Å². The number of halogens is 1. The van der Waals surface area contributed by atoms with Crippen LogP contribution >= 0.6 is 0 Å². The summed E-state index contributed by atoms with van der Waals surface area (Å²) in [5.41, 5.74) is 1.49. The van der Waals surface area contributed by atoms with E-state index in [0.29, 0.717) is 5.52 Å². The third kappa shape index (κ3) is 7.61. The molecule has 11 heteroatoms. The molecule has 2 aromatic carbocycles. The molecule has 5 atom stereocenters. The zero-order valence-corrected chi connectivity index (χ0v) is 28.6. The number of rotatable bonds is 6. The Morgan fingerprint density at radius 1 is 1.00 bits per heavy atom. The molecule has 3 aliphatic rings. The van der Waals surface area contributed by atoms with Crippen LogP contribution in [0.5, 0.6) is 0 Å². The number of hydrogen-bond donors (Lipinski definition) is 3. The van der Waals surface area contributed by atoms with Crippen molar-refractivity contribution in [3.63, 3.8) is 0 Å². The number of H-pyrrole nitrogens is 1. The number of β-amino-alcohol motifs (C(OH)–C–C–N with tert-alkyl or cyclic N) is 1. The highest BCUT2D eigenvalue weighted by Gasteiger charge is 2.58. The van der Waals surface area contributed by atoms with Crippen LogP contribution in [0.4, 0.5) is 14.0 Å². The fourth-order valence-corrected chi connectivity index (χ4v) is 7.54. The molecule has 48 heavy (non-hydrogen) atoms. The largest absolute Gasteiger partial charge is 0.445 e. The second-order valence-corrected chi connectivity index (χ2v) is 13.8. The third-order valence-electron chi connectivity index (χ3n) is 9.51. The molecular weight excluding hydrogens is 615 g/mol. The summed E-state index contributed by atoms with van der Waals surface area (Å²) in [6.45, 7) is 9.55. The highest BCUT2D eigenvalue weighted by Crippen LogP contribution is 2.44. The van der Waals surface area contributed by atoms with Crippen molar-refractivity contribution in [2.75, 3.05) is 13.1 Å². The molecule has 3 heterocycles. The molecule has 1 aliphatic carbocycles. The smallest absolute Gasteiger partial charge is 0.410 e. The number of aromatic amines is 1. The molecule has 260 valence electrons. The average Bonchev–Trinajstić information content (AvgIpc) is 3.76. The van der Waals surface area contributed by atoms with Crippen molar-refractivity contribution in [1.29, 1.82) is 0 Å². The number of amides is 3. The lowest BCUT2D eigenvalue weighted by Gasteiger charge is -2.36. The Balaban J connectivity index is 0.00000221. The van der Waals surface area contributed by atoms with E-state index < -0.39 is 47.9 Å². The summed E-state index contributed by atoms with van der Waals surface area (Å²) >= 11 is 0. The summed E-state index contributed by atoms with van der Waals surface area (Å²) in [6, 6.07) is 11.6. The van der Waals surface area contributed by atoms with Crippen molar-refractivity contribution < 1.29 is 33.4 Å².